The van der Waals surface area contributed by atoms with Gasteiger partial charge in [-0.05, 0) is 48.7 Å². The molecule has 1 unspecified atom stereocenters. The van der Waals surface area contributed by atoms with Crippen LogP contribution in [0.4, 0.5) is 13.2 Å². The van der Waals surface area contributed by atoms with Crippen molar-refractivity contribution < 1.29 is 22.6 Å². The lowest BCUT2D eigenvalue weighted by atomic mass is 9.90. The minimum absolute atomic E-state index is 0.0859. The highest BCUT2D eigenvalue weighted by atomic mass is 19.4. The third kappa shape index (κ3) is 3.92. The van der Waals surface area contributed by atoms with Crippen LogP contribution < -0.4 is 5.73 Å². The van der Waals surface area contributed by atoms with Gasteiger partial charge in [-0.25, -0.2) is 0 Å². The van der Waals surface area contributed by atoms with Crippen molar-refractivity contribution in [3.8, 4) is 0 Å². The summed E-state index contributed by atoms with van der Waals surface area (Å²) in [5, 5.41) is 0. The average molecular weight is 365 g/mol. The van der Waals surface area contributed by atoms with Gasteiger partial charge in [0.2, 0.25) is 0 Å². The maximum atomic E-state index is 13.0. The molecule has 140 valence electrons. The molecule has 0 bridgehead atoms. The molecule has 0 spiro atoms. The van der Waals surface area contributed by atoms with Crippen molar-refractivity contribution in [1.82, 2.24) is 0 Å². The molecule has 0 saturated carbocycles. The standard InChI is InChI=1S/C20H22F3NO2/c1-14-8-15(10-17(9-14)20(21,22)23)11-25-13-19(6-7-24)18-5-3-2-4-16(18)12-26-19/h2-5,8-10H,6-7,11-13,24H2,1H3. The van der Waals surface area contributed by atoms with Gasteiger partial charge in [-0.2, -0.15) is 13.2 Å². The molecule has 6 heteroatoms. The molecule has 0 fully saturated rings. The molecule has 3 nitrogen and oxygen atoms in total. The lowest BCUT2D eigenvalue weighted by Gasteiger charge is -2.29. The highest BCUT2D eigenvalue weighted by Crippen LogP contribution is 2.39. The first-order valence-electron chi connectivity index (χ1n) is 8.52. The van der Waals surface area contributed by atoms with Gasteiger partial charge in [0.1, 0.15) is 5.60 Å². The summed E-state index contributed by atoms with van der Waals surface area (Å²) in [7, 11) is 0. The van der Waals surface area contributed by atoms with E-state index in [9.17, 15) is 13.2 Å². The SMILES string of the molecule is Cc1cc(COCC2(CCN)OCc3ccccc32)cc(C(F)(F)F)c1. The van der Waals surface area contributed by atoms with Crippen LogP contribution in [0.3, 0.4) is 0 Å². The zero-order valence-electron chi connectivity index (χ0n) is 14.6. The number of alkyl halides is 3. The van der Waals surface area contributed by atoms with Crippen LogP contribution in [0.1, 0.15) is 34.2 Å². The van der Waals surface area contributed by atoms with E-state index in [0.29, 0.717) is 30.7 Å². The Bertz CT molecular complexity index is 772. The number of fused-ring (bicyclic) bond motifs is 1. The third-order valence-electron chi connectivity index (χ3n) is 4.63. The van der Waals surface area contributed by atoms with E-state index in [1.54, 1.807) is 13.0 Å². The highest BCUT2D eigenvalue weighted by molar-refractivity contribution is 5.36. The normalized spacial score (nSPS) is 19.6. The van der Waals surface area contributed by atoms with Crippen LogP contribution in [0.5, 0.6) is 0 Å². The molecule has 0 aliphatic carbocycles. The molecule has 26 heavy (non-hydrogen) atoms. The van der Waals surface area contributed by atoms with Crippen molar-refractivity contribution in [3.63, 3.8) is 0 Å². The van der Waals surface area contributed by atoms with E-state index in [1.807, 2.05) is 24.3 Å². The lowest BCUT2D eigenvalue weighted by Crippen LogP contribution is -2.34. The van der Waals surface area contributed by atoms with E-state index in [-0.39, 0.29) is 13.2 Å². The Labute approximate surface area is 150 Å². The van der Waals surface area contributed by atoms with E-state index >= 15 is 0 Å². The molecule has 3 rings (SSSR count). The van der Waals surface area contributed by atoms with Crippen LogP contribution in [-0.4, -0.2) is 13.2 Å². The van der Waals surface area contributed by atoms with Gasteiger partial charge in [-0.1, -0.05) is 35.9 Å². The van der Waals surface area contributed by atoms with Crippen molar-refractivity contribution in [2.75, 3.05) is 13.2 Å². The van der Waals surface area contributed by atoms with Gasteiger partial charge in [0.25, 0.3) is 0 Å². The summed E-state index contributed by atoms with van der Waals surface area (Å²) in [4.78, 5) is 0. The van der Waals surface area contributed by atoms with Crippen molar-refractivity contribution in [2.45, 2.75) is 38.3 Å². The molecule has 0 radical (unpaired) electrons. The van der Waals surface area contributed by atoms with Crippen molar-refractivity contribution in [3.05, 3.63) is 70.3 Å². The predicted molar refractivity (Wildman–Crippen MR) is 92.4 cm³/mol. The second-order valence-corrected chi connectivity index (χ2v) is 6.68. The molecule has 2 N–H and O–H groups in total. The molecule has 2 aromatic rings. The number of hydrogen-bond acceptors (Lipinski definition) is 3. The lowest BCUT2D eigenvalue weighted by molar-refractivity contribution is -0.137. The van der Waals surface area contributed by atoms with Crippen LogP contribution in [0.15, 0.2) is 42.5 Å². The van der Waals surface area contributed by atoms with Crippen LogP contribution in [0, 0.1) is 6.92 Å². The smallest absolute Gasteiger partial charge is 0.373 e. The summed E-state index contributed by atoms with van der Waals surface area (Å²) in [6.45, 7) is 2.90. The fraction of sp³-hybridized carbons (Fsp3) is 0.400. The molecule has 1 heterocycles. The number of rotatable bonds is 6. The Morgan fingerprint density at radius 3 is 2.69 bits per heavy atom. The first-order valence-corrected chi connectivity index (χ1v) is 8.52. The summed E-state index contributed by atoms with van der Waals surface area (Å²) >= 11 is 0. The first-order chi connectivity index (χ1) is 12.3. The van der Waals surface area contributed by atoms with Gasteiger partial charge in [0, 0.05) is 0 Å². The topological polar surface area (TPSA) is 44.5 Å². The number of hydrogen-bond donors (Lipinski definition) is 1. The van der Waals surface area contributed by atoms with E-state index in [0.717, 1.165) is 23.3 Å². The fourth-order valence-electron chi connectivity index (χ4n) is 3.46. The van der Waals surface area contributed by atoms with E-state index < -0.39 is 17.3 Å². The summed E-state index contributed by atoms with van der Waals surface area (Å²) < 4.78 is 50.7. The van der Waals surface area contributed by atoms with E-state index in [1.165, 1.54) is 0 Å². The highest BCUT2D eigenvalue weighted by Gasteiger charge is 2.39. The van der Waals surface area contributed by atoms with Gasteiger partial charge in [0.05, 0.1) is 25.4 Å². The first kappa shape index (κ1) is 18.9. The Balaban J connectivity index is 1.74. The van der Waals surface area contributed by atoms with Crippen molar-refractivity contribution >= 4 is 0 Å². The minimum atomic E-state index is -4.37. The average Bonchev–Trinajstić information content (AvgIpc) is 2.93. The molecule has 0 aromatic heterocycles. The van der Waals surface area contributed by atoms with Crippen LogP contribution in [0.2, 0.25) is 0 Å². The second kappa shape index (κ2) is 7.39. The Morgan fingerprint density at radius 2 is 1.96 bits per heavy atom. The Kier molecular flexibility index (Phi) is 5.37. The largest absolute Gasteiger partial charge is 0.416 e. The van der Waals surface area contributed by atoms with Gasteiger partial charge in [-0.3, -0.25) is 0 Å². The number of halogens is 3. The van der Waals surface area contributed by atoms with Crippen LogP contribution in [-0.2, 0) is 34.5 Å². The monoisotopic (exact) mass is 365 g/mol. The molecule has 0 saturated heterocycles. The molecule has 1 aliphatic rings. The number of nitrogens with two attached hydrogens (primary N) is 1. The number of aryl methyl sites for hydroxylation is 1. The molecular weight excluding hydrogens is 343 g/mol. The zero-order chi connectivity index (χ0) is 18.8. The van der Waals surface area contributed by atoms with Gasteiger partial charge in [0.15, 0.2) is 0 Å². The molecule has 1 atom stereocenters. The summed E-state index contributed by atoms with van der Waals surface area (Å²) in [5.41, 5.74) is 7.66. The van der Waals surface area contributed by atoms with E-state index in [2.05, 4.69) is 0 Å². The maximum Gasteiger partial charge on any atom is 0.416 e. The Morgan fingerprint density at radius 1 is 1.19 bits per heavy atom. The summed E-state index contributed by atoms with van der Waals surface area (Å²) in [6.07, 6.45) is -3.78. The third-order valence-corrected chi connectivity index (χ3v) is 4.63. The minimum Gasteiger partial charge on any atom is -0.373 e. The quantitative estimate of drug-likeness (QED) is 0.830. The van der Waals surface area contributed by atoms with Crippen molar-refractivity contribution in [2.24, 2.45) is 5.73 Å². The maximum absolute atomic E-state index is 13.0. The molecular formula is C20H22F3NO2. The Hall–Kier alpha value is -1.89. The number of ether oxygens (including phenoxy) is 2. The van der Waals surface area contributed by atoms with Crippen molar-refractivity contribution in [1.29, 1.82) is 0 Å². The molecule has 2 aromatic carbocycles. The fourth-order valence-corrected chi connectivity index (χ4v) is 3.46. The van der Waals surface area contributed by atoms with Gasteiger partial charge >= 0.3 is 6.18 Å². The second-order valence-electron chi connectivity index (χ2n) is 6.68. The molecule has 1 aliphatic heterocycles. The number of benzene rings is 2. The van der Waals surface area contributed by atoms with Crippen LogP contribution in [0.25, 0.3) is 0 Å². The predicted octanol–water partition coefficient (Wildman–Crippen LogP) is 4.30. The van der Waals surface area contributed by atoms with Crippen LogP contribution >= 0.6 is 0 Å². The molecule has 0 amide bonds. The summed E-state index contributed by atoms with van der Waals surface area (Å²) in [5.74, 6) is 0. The zero-order valence-corrected chi connectivity index (χ0v) is 14.6. The van der Waals surface area contributed by atoms with Gasteiger partial charge < -0.3 is 15.2 Å². The van der Waals surface area contributed by atoms with E-state index in [4.69, 9.17) is 15.2 Å². The summed E-state index contributed by atoms with van der Waals surface area (Å²) in [6, 6.07) is 11.9. The van der Waals surface area contributed by atoms with Gasteiger partial charge in [-0.15, -0.1) is 0 Å².